The molecule has 0 aliphatic carbocycles. The molecule has 1 aliphatic heterocycles. The van der Waals surface area contributed by atoms with Crippen molar-refractivity contribution in [1.29, 1.82) is 0 Å². The summed E-state index contributed by atoms with van der Waals surface area (Å²) in [6.07, 6.45) is 1.95. The van der Waals surface area contributed by atoms with Gasteiger partial charge in [-0.1, -0.05) is 57.7 Å². The number of hydrogen-bond donors (Lipinski definition) is 1. The average molecular weight is 378 g/mol. The van der Waals surface area contributed by atoms with Crippen LogP contribution in [0.5, 0.6) is 0 Å². The number of nitrogens with zero attached hydrogens (tertiary/aromatic N) is 2. The molecule has 0 amide bonds. The number of allylic oxidation sites excluding steroid dienone is 1. The molecule has 0 bridgehead atoms. The molecule has 0 spiro atoms. The molecule has 2 aromatic rings. The molecule has 3 heteroatoms. The smallest absolute Gasteiger partial charge is 0.0405 e. The Balaban J connectivity index is 1.73. The van der Waals surface area contributed by atoms with Crippen LogP contribution < -0.4 is 10.2 Å². The van der Waals surface area contributed by atoms with Crippen molar-refractivity contribution in [3.63, 3.8) is 0 Å². The van der Waals surface area contributed by atoms with Gasteiger partial charge in [0, 0.05) is 43.3 Å². The Morgan fingerprint density at radius 2 is 1.68 bits per heavy atom. The van der Waals surface area contributed by atoms with Crippen molar-refractivity contribution in [2.24, 2.45) is 0 Å². The van der Waals surface area contributed by atoms with Crippen molar-refractivity contribution >= 4 is 11.4 Å². The summed E-state index contributed by atoms with van der Waals surface area (Å²) in [6, 6.07) is 17.6. The van der Waals surface area contributed by atoms with Crippen LogP contribution in [-0.4, -0.2) is 38.1 Å². The third-order valence-corrected chi connectivity index (χ3v) is 5.53. The first-order chi connectivity index (χ1) is 13.3. The van der Waals surface area contributed by atoms with Crippen LogP contribution in [0.3, 0.4) is 0 Å². The zero-order chi connectivity index (χ0) is 20.1. The highest BCUT2D eigenvalue weighted by Crippen LogP contribution is 2.31. The number of piperazine rings is 1. The molecule has 1 aliphatic rings. The Morgan fingerprint density at radius 3 is 2.32 bits per heavy atom. The molecule has 0 saturated carbocycles. The summed E-state index contributed by atoms with van der Waals surface area (Å²) in [4.78, 5) is 4.90. The first-order valence-electron chi connectivity index (χ1n) is 10.4. The van der Waals surface area contributed by atoms with Crippen molar-refractivity contribution in [2.75, 3.05) is 43.4 Å². The van der Waals surface area contributed by atoms with Crippen molar-refractivity contribution in [1.82, 2.24) is 4.90 Å². The zero-order valence-corrected chi connectivity index (χ0v) is 18.0. The van der Waals surface area contributed by atoms with Gasteiger partial charge in [-0.2, -0.15) is 0 Å². The Kier molecular flexibility index (Phi) is 6.46. The predicted molar refractivity (Wildman–Crippen MR) is 122 cm³/mol. The van der Waals surface area contributed by atoms with E-state index < -0.39 is 0 Å². The molecule has 150 valence electrons. The molecular weight excluding hydrogens is 342 g/mol. The van der Waals surface area contributed by atoms with Crippen molar-refractivity contribution < 1.29 is 0 Å². The van der Waals surface area contributed by atoms with Gasteiger partial charge in [-0.3, -0.25) is 0 Å². The van der Waals surface area contributed by atoms with Crippen LogP contribution in [0.1, 0.15) is 38.3 Å². The highest BCUT2D eigenvalue weighted by molar-refractivity contribution is 5.63. The normalized spacial score (nSPS) is 15.5. The lowest BCUT2D eigenvalue weighted by Crippen LogP contribution is -2.44. The lowest BCUT2D eigenvalue weighted by atomic mass is 9.86. The van der Waals surface area contributed by atoms with E-state index in [0.29, 0.717) is 0 Å². The Labute approximate surface area is 171 Å². The maximum absolute atomic E-state index is 4.28. The standard InChI is InChI=1S/C25H35N3/c1-20(11-12-21-9-7-6-8-10-21)26-23-17-22(25(2,3)4)18-24(19-23)28-15-13-27(5)14-16-28/h6-10,17-19,26H,1,11-16H2,2-5H3. The average Bonchev–Trinajstić information content (AvgIpc) is 2.67. The quantitative estimate of drug-likeness (QED) is 0.737. The molecule has 3 nitrogen and oxygen atoms in total. The van der Waals surface area contributed by atoms with Crippen molar-refractivity contribution in [2.45, 2.75) is 39.0 Å². The Bertz CT molecular complexity index is 781. The molecule has 1 heterocycles. The van der Waals surface area contributed by atoms with E-state index in [2.05, 4.69) is 98.0 Å². The van der Waals surface area contributed by atoms with Crippen molar-refractivity contribution in [3.8, 4) is 0 Å². The zero-order valence-electron chi connectivity index (χ0n) is 18.0. The SMILES string of the molecule is C=C(CCc1ccccc1)Nc1cc(N2CCN(C)CC2)cc(C(C)(C)C)c1. The summed E-state index contributed by atoms with van der Waals surface area (Å²) in [5.41, 5.74) is 6.37. The molecule has 0 radical (unpaired) electrons. The van der Waals surface area contributed by atoms with Gasteiger partial charge in [0.15, 0.2) is 0 Å². The van der Waals surface area contributed by atoms with Crippen LogP contribution in [0.15, 0.2) is 60.8 Å². The van der Waals surface area contributed by atoms with Gasteiger partial charge in [0.25, 0.3) is 0 Å². The number of hydrogen-bond acceptors (Lipinski definition) is 3. The van der Waals surface area contributed by atoms with Gasteiger partial charge in [0.1, 0.15) is 0 Å². The maximum atomic E-state index is 4.28. The second-order valence-electron chi connectivity index (χ2n) is 9.02. The fraction of sp³-hybridized carbons (Fsp3) is 0.440. The fourth-order valence-electron chi connectivity index (χ4n) is 3.57. The van der Waals surface area contributed by atoms with Gasteiger partial charge in [-0.05, 0) is 54.6 Å². The van der Waals surface area contributed by atoms with E-state index in [-0.39, 0.29) is 5.41 Å². The largest absolute Gasteiger partial charge is 0.369 e. The van der Waals surface area contributed by atoms with Crippen LogP contribution in [0, 0.1) is 0 Å². The highest BCUT2D eigenvalue weighted by Gasteiger charge is 2.19. The molecule has 3 rings (SSSR count). The van der Waals surface area contributed by atoms with E-state index in [0.717, 1.165) is 50.4 Å². The summed E-state index contributed by atoms with van der Waals surface area (Å²) >= 11 is 0. The van der Waals surface area contributed by atoms with Gasteiger partial charge >= 0.3 is 0 Å². The minimum Gasteiger partial charge on any atom is -0.369 e. The molecule has 2 aromatic carbocycles. The first-order valence-corrected chi connectivity index (χ1v) is 10.4. The van der Waals surface area contributed by atoms with Gasteiger partial charge in [0.05, 0.1) is 0 Å². The minimum atomic E-state index is 0.115. The summed E-state index contributed by atoms with van der Waals surface area (Å²) in [5, 5.41) is 3.58. The summed E-state index contributed by atoms with van der Waals surface area (Å²) in [7, 11) is 2.20. The third kappa shape index (κ3) is 5.62. The Hall–Kier alpha value is -2.26. The molecule has 0 atom stereocenters. The third-order valence-electron chi connectivity index (χ3n) is 5.53. The number of nitrogens with one attached hydrogen (secondary N) is 1. The van der Waals surface area contributed by atoms with E-state index in [1.807, 2.05) is 0 Å². The molecule has 28 heavy (non-hydrogen) atoms. The number of benzene rings is 2. The topological polar surface area (TPSA) is 18.5 Å². The van der Waals surface area contributed by atoms with E-state index >= 15 is 0 Å². The molecular formula is C25H35N3. The van der Waals surface area contributed by atoms with Crippen molar-refractivity contribution in [3.05, 3.63) is 71.9 Å². The highest BCUT2D eigenvalue weighted by atomic mass is 15.2. The van der Waals surface area contributed by atoms with Crippen LogP contribution in [-0.2, 0) is 11.8 Å². The summed E-state index contributed by atoms with van der Waals surface area (Å²) in [6.45, 7) is 15.5. The molecule has 1 saturated heterocycles. The predicted octanol–water partition coefficient (Wildman–Crippen LogP) is 5.29. The number of likely N-dealkylation sites (N-methyl/N-ethyl adjacent to an activating group) is 1. The van der Waals surface area contributed by atoms with E-state index in [1.54, 1.807) is 0 Å². The molecule has 0 unspecified atom stereocenters. The summed E-state index contributed by atoms with van der Waals surface area (Å²) in [5.74, 6) is 0. The van der Waals surface area contributed by atoms with Gasteiger partial charge in [-0.25, -0.2) is 0 Å². The van der Waals surface area contributed by atoms with Crippen LogP contribution in [0.25, 0.3) is 0 Å². The lowest BCUT2D eigenvalue weighted by Gasteiger charge is -2.35. The first kappa shape index (κ1) is 20.5. The van der Waals surface area contributed by atoms with E-state index in [9.17, 15) is 0 Å². The number of rotatable bonds is 6. The van der Waals surface area contributed by atoms with E-state index in [4.69, 9.17) is 0 Å². The van der Waals surface area contributed by atoms with E-state index in [1.165, 1.54) is 16.8 Å². The second-order valence-corrected chi connectivity index (χ2v) is 9.02. The monoisotopic (exact) mass is 377 g/mol. The molecule has 1 N–H and O–H groups in total. The van der Waals surface area contributed by atoms with Crippen LogP contribution >= 0.6 is 0 Å². The molecule has 0 aromatic heterocycles. The van der Waals surface area contributed by atoms with Gasteiger partial charge in [0.2, 0.25) is 0 Å². The second kappa shape index (κ2) is 8.83. The fourth-order valence-corrected chi connectivity index (χ4v) is 3.57. The number of aryl methyl sites for hydroxylation is 1. The van der Waals surface area contributed by atoms with Gasteiger partial charge < -0.3 is 15.1 Å². The van der Waals surface area contributed by atoms with Crippen LogP contribution in [0.4, 0.5) is 11.4 Å². The number of anilines is 2. The van der Waals surface area contributed by atoms with Crippen LogP contribution in [0.2, 0.25) is 0 Å². The Morgan fingerprint density at radius 1 is 1.00 bits per heavy atom. The minimum absolute atomic E-state index is 0.115. The lowest BCUT2D eigenvalue weighted by molar-refractivity contribution is 0.313. The summed E-state index contributed by atoms with van der Waals surface area (Å²) < 4.78 is 0. The molecule has 1 fully saturated rings. The van der Waals surface area contributed by atoms with Gasteiger partial charge in [-0.15, -0.1) is 0 Å². The maximum Gasteiger partial charge on any atom is 0.0405 e.